The zero-order valence-corrected chi connectivity index (χ0v) is 19.1. The summed E-state index contributed by atoms with van der Waals surface area (Å²) >= 11 is 0. The van der Waals surface area contributed by atoms with Crippen molar-refractivity contribution in [2.75, 3.05) is 73.1 Å². The van der Waals surface area contributed by atoms with Crippen LogP contribution in [-0.2, 0) is 6.54 Å². The lowest BCUT2D eigenvalue weighted by Gasteiger charge is -2.36. The van der Waals surface area contributed by atoms with E-state index in [2.05, 4.69) is 21.9 Å². The van der Waals surface area contributed by atoms with E-state index in [-0.39, 0.29) is 12.6 Å². The number of β-amino-alcohol motifs (C(OH)–C–C–N with tert-alkyl or cyclic N) is 1. The SMILES string of the molecule is CN(C)C(=O)N1CCN(CC(O)COc2ccc(CN3CCC(CN)CC3)cc2)CC1. The Kier molecular flexibility index (Phi) is 8.95. The van der Waals surface area contributed by atoms with Crippen molar-refractivity contribution < 1.29 is 14.6 Å². The van der Waals surface area contributed by atoms with E-state index in [4.69, 9.17) is 10.5 Å². The fourth-order valence-corrected chi connectivity index (χ4v) is 4.28. The summed E-state index contributed by atoms with van der Waals surface area (Å²) in [6.07, 6.45) is 1.83. The predicted octanol–water partition coefficient (Wildman–Crippen LogP) is 0.896. The molecule has 1 unspecified atom stereocenters. The summed E-state index contributed by atoms with van der Waals surface area (Å²) in [6.45, 7) is 7.74. The second kappa shape index (κ2) is 11.7. The second-order valence-electron chi connectivity index (χ2n) is 9.03. The number of nitrogens with zero attached hydrogens (tertiary/aromatic N) is 4. The molecule has 0 spiro atoms. The van der Waals surface area contributed by atoms with E-state index >= 15 is 0 Å². The van der Waals surface area contributed by atoms with Gasteiger partial charge in [0.1, 0.15) is 18.5 Å². The van der Waals surface area contributed by atoms with Crippen molar-refractivity contribution in [2.45, 2.75) is 25.5 Å². The van der Waals surface area contributed by atoms with Crippen LogP contribution in [0, 0.1) is 5.92 Å². The molecule has 174 valence electrons. The molecule has 3 N–H and O–H groups in total. The number of amides is 2. The Labute approximate surface area is 186 Å². The molecule has 8 nitrogen and oxygen atoms in total. The number of carbonyl (C=O) groups is 1. The predicted molar refractivity (Wildman–Crippen MR) is 122 cm³/mol. The molecule has 2 aliphatic heterocycles. The van der Waals surface area contributed by atoms with Gasteiger partial charge in [0.25, 0.3) is 0 Å². The van der Waals surface area contributed by atoms with E-state index in [0.717, 1.165) is 45.0 Å². The molecule has 0 bridgehead atoms. The normalized spacial score (nSPS) is 19.9. The Balaban J connectivity index is 1.34. The summed E-state index contributed by atoms with van der Waals surface area (Å²) in [4.78, 5) is 20.1. The first-order chi connectivity index (χ1) is 14.9. The largest absolute Gasteiger partial charge is 0.491 e. The molecule has 31 heavy (non-hydrogen) atoms. The van der Waals surface area contributed by atoms with Gasteiger partial charge in [-0.05, 0) is 56.1 Å². The molecule has 1 aromatic rings. The summed E-state index contributed by atoms with van der Waals surface area (Å²) in [6, 6.07) is 8.24. The zero-order chi connectivity index (χ0) is 22.2. The molecule has 0 saturated carbocycles. The quantitative estimate of drug-likeness (QED) is 0.634. The highest BCUT2D eigenvalue weighted by Gasteiger charge is 2.23. The van der Waals surface area contributed by atoms with E-state index in [9.17, 15) is 9.90 Å². The third kappa shape index (κ3) is 7.35. The van der Waals surface area contributed by atoms with Gasteiger partial charge >= 0.3 is 6.03 Å². The van der Waals surface area contributed by atoms with E-state index in [1.165, 1.54) is 18.4 Å². The van der Waals surface area contributed by atoms with Crippen LogP contribution in [0.25, 0.3) is 0 Å². The maximum atomic E-state index is 12.0. The van der Waals surface area contributed by atoms with Crippen molar-refractivity contribution in [1.82, 2.24) is 19.6 Å². The molecule has 3 rings (SSSR count). The van der Waals surface area contributed by atoms with Crippen LogP contribution >= 0.6 is 0 Å². The van der Waals surface area contributed by atoms with Gasteiger partial charge < -0.3 is 25.4 Å². The van der Waals surface area contributed by atoms with Crippen LogP contribution in [-0.4, -0.2) is 110 Å². The Morgan fingerprint density at radius 2 is 1.74 bits per heavy atom. The van der Waals surface area contributed by atoms with Crippen molar-refractivity contribution >= 4 is 6.03 Å². The molecule has 0 radical (unpaired) electrons. The van der Waals surface area contributed by atoms with Crippen molar-refractivity contribution in [3.63, 3.8) is 0 Å². The first kappa shape index (κ1) is 23.8. The second-order valence-corrected chi connectivity index (χ2v) is 9.03. The molecule has 0 aromatic heterocycles. The third-order valence-corrected chi connectivity index (χ3v) is 6.31. The van der Waals surface area contributed by atoms with Gasteiger partial charge in [0.15, 0.2) is 0 Å². The molecule has 1 aromatic carbocycles. The average Bonchev–Trinajstić information content (AvgIpc) is 2.79. The highest BCUT2D eigenvalue weighted by Crippen LogP contribution is 2.19. The fraction of sp³-hybridized carbons (Fsp3) is 0.696. The highest BCUT2D eigenvalue weighted by molar-refractivity contribution is 5.73. The molecule has 2 saturated heterocycles. The number of likely N-dealkylation sites (tertiary alicyclic amines) is 1. The van der Waals surface area contributed by atoms with E-state index in [1.807, 2.05) is 17.0 Å². The van der Waals surface area contributed by atoms with Gasteiger partial charge in [0, 0.05) is 53.4 Å². The Morgan fingerprint density at radius 3 is 2.32 bits per heavy atom. The average molecular weight is 434 g/mol. The number of hydrogen-bond donors (Lipinski definition) is 2. The third-order valence-electron chi connectivity index (χ3n) is 6.31. The van der Waals surface area contributed by atoms with E-state index in [1.54, 1.807) is 19.0 Å². The Bertz CT molecular complexity index is 668. The van der Waals surface area contributed by atoms with Gasteiger partial charge in [0.2, 0.25) is 0 Å². The minimum absolute atomic E-state index is 0.0482. The van der Waals surface area contributed by atoms with Gasteiger partial charge in [-0.15, -0.1) is 0 Å². The molecule has 2 aliphatic rings. The van der Waals surface area contributed by atoms with Gasteiger partial charge in [-0.2, -0.15) is 0 Å². The number of ether oxygens (including phenoxy) is 1. The number of piperazine rings is 1. The number of hydrogen-bond acceptors (Lipinski definition) is 6. The van der Waals surface area contributed by atoms with Crippen molar-refractivity contribution in [3.8, 4) is 5.75 Å². The molecule has 2 amide bonds. The number of aliphatic hydroxyl groups excluding tert-OH is 1. The molecule has 1 atom stereocenters. The molecule has 8 heteroatoms. The van der Waals surface area contributed by atoms with Crippen LogP contribution in [0.4, 0.5) is 4.79 Å². The lowest BCUT2D eigenvalue weighted by molar-refractivity contribution is 0.0494. The summed E-state index contributed by atoms with van der Waals surface area (Å²) in [5.41, 5.74) is 7.06. The minimum atomic E-state index is -0.556. The number of benzene rings is 1. The maximum absolute atomic E-state index is 12.0. The summed E-state index contributed by atoms with van der Waals surface area (Å²) in [5.74, 6) is 1.47. The van der Waals surface area contributed by atoms with Crippen LogP contribution in [0.5, 0.6) is 5.75 Å². The number of carbonyl (C=O) groups excluding carboxylic acids is 1. The summed E-state index contributed by atoms with van der Waals surface area (Å²) in [5, 5.41) is 10.4. The smallest absolute Gasteiger partial charge is 0.319 e. The first-order valence-corrected chi connectivity index (χ1v) is 11.5. The fourth-order valence-electron chi connectivity index (χ4n) is 4.28. The van der Waals surface area contributed by atoms with Crippen LogP contribution in [0.3, 0.4) is 0 Å². The zero-order valence-electron chi connectivity index (χ0n) is 19.1. The number of aliphatic hydroxyl groups is 1. The lowest BCUT2D eigenvalue weighted by atomic mass is 9.97. The molecule has 2 fully saturated rings. The monoisotopic (exact) mass is 433 g/mol. The topological polar surface area (TPSA) is 85.5 Å². The highest BCUT2D eigenvalue weighted by atomic mass is 16.5. The van der Waals surface area contributed by atoms with Gasteiger partial charge in [-0.25, -0.2) is 4.79 Å². The summed E-state index contributed by atoms with van der Waals surface area (Å²) in [7, 11) is 3.54. The number of piperidine rings is 1. The van der Waals surface area contributed by atoms with E-state index in [0.29, 0.717) is 25.6 Å². The summed E-state index contributed by atoms with van der Waals surface area (Å²) < 4.78 is 5.80. The molecular weight excluding hydrogens is 394 g/mol. The van der Waals surface area contributed by atoms with Crippen LogP contribution in [0.15, 0.2) is 24.3 Å². The Morgan fingerprint density at radius 1 is 1.10 bits per heavy atom. The van der Waals surface area contributed by atoms with Crippen LogP contribution in [0.2, 0.25) is 0 Å². The standard InChI is InChI=1S/C23H39N5O3/c1-25(2)23(30)28-13-11-27(12-14-28)17-21(29)18-31-22-5-3-20(4-6-22)16-26-9-7-19(15-24)8-10-26/h3-6,19,21,29H,7-18,24H2,1-2H3. The first-order valence-electron chi connectivity index (χ1n) is 11.5. The molecule has 2 heterocycles. The number of rotatable bonds is 8. The van der Waals surface area contributed by atoms with Crippen LogP contribution in [0.1, 0.15) is 18.4 Å². The van der Waals surface area contributed by atoms with Gasteiger partial charge in [0.05, 0.1) is 0 Å². The van der Waals surface area contributed by atoms with Crippen molar-refractivity contribution in [1.29, 1.82) is 0 Å². The van der Waals surface area contributed by atoms with Gasteiger partial charge in [-0.1, -0.05) is 12.1 Å². The van der Waals surface area contributed by atoms with Crippen LogP contribution < -0.4 is 10.5 Å². The minimum Gasteiger partial charge on any atom is -0.491 e. The molecular formula is C23H39N5O3. The number of nitrogens with two attached hydrogens (primary N) is 1. The van der Waals surface area contributed by atoms with E-state index < -0.39 is 6.10 Å². The van der Waals surface area contributed by atoms with Gasteiger partial charge in [-0.3, -0.25) is 9.80 Å². The molecule has 0 aliphatic carbocycles. The lowest BCUT2D eigenvalue weighted by Crippen LogP contribution is -2.53. The maximum Gasteiger partial charge on any atom is 0.319 e. The number of urea groups is 1. The Hall–Kier alpha value is -1.87. The van der Waals surface area contributed by atoms with Crippen molar-refractivity contribution in [3.05, 3.63) is 29.8 Å². The van der Waals surface area contributed by atoms with Crippen molar-refractivity contribution in [2.24, 2.45) is 11.7 Å².